The number of nitrogens with one attached hydrogen (secondary N) is 1. The lowest BCUT2D eigenvalue weighted by molar-refractivity contribution is -0.118. The minimum Gasteiger partial charge on any atom is -0.324 e. The van der Waals surface area contributed by atoms with Crippen molar-refractivity contribution in [2.75, 3.05) is 18.4 Å². The summed E-state index contributed by atoms with van der Waals surface area (Å²) in [6.45, 7) is 3.59. The summed E-state index contributed by atoms with van der Waals surface area (Å²) in [6.07, 6.45) is 4.70. The van der Waals surface area contributed by atoms with Gasteiger partial charge in [-0.25, -0.2) is 0 Å². The molecule has 1 atom stereocenters. The van der Waals surface area contributed by atoms with Crippen LogP contribution in [0.2, 0.25) is 10.0 Å². The lowest BCUT2D eigenvalue weighted by atomic mass is 10.00. The molecule has 0 aromatic heterocycles. The predicted molar refractivity (Wildman–Crippen MR) is 84.6 cm³/mol. The summed E-state index contributed by atoms with van der Waals surface area (Å²) in [4.78, 5) is 14.4. The van der Waals surface area contributed by atoms with Crippen LogP contribution in [0.1, 0.15) is 32.6 Å². The Morgan fingerprint density at radius 2 is 2.20 bits per heavy atom. The predicted octanol–water partition coefficient (Wildman–Crippen LogP) is 4.20. The first-order valence-corrected chi connectivity index (χ1v) is 7.84. The zero-order valence-electron chi connectivity index (χ0n) is 11.7. The Balaban J connectivity index is 1.96. The fourth-order valence-electron chi connectivity index (χ4n) is 2.70. The minimum absolute atomic E-state index is 0.0329. The smallest absolute Gasteiger partial charge is 0.238 e. The van der Waals surface area contributed by atoms with Crippen molar-refractivity contribution in [3.8, 4) is 0 Å². The maximum atomic E-state index is 12.2. The summed E-state index contributed by atoms with van der Waals surface area (Å²) in [5.41, 5.74) is 0.578. The van der Waals surface area contributed by atoms with E-state index in [1.54, 1.807) is 18.2 Å². The second-order valence-corrected chi connectivity index (χ2v) is 6.04. The summed E-state index contributed by atoms with van der Waals surface area (Å²) in [5, 5.41) is 3.92. The van der Waals surface area contributed by atoms with Gasteiger partial charge < -0.3 is 5.32 Å². The Morgan fingerprint density at radius 1 is 1.40 bits per heavy atom. The number of hydrogen-bond acceptors (Lipinski definition) is 2. The third-order valence-electron chi connectivity index (χ3n) is 3.77. The van der Waals surface area contributed by atoms with Crippen LogP contribution in [0.15, 0.2) is 18.2 Å². The Bertz CT molecular complexity index is 479. The van der Waals surface area contributed by atoms with Crippen molar-refractivity contribution in [1.82, 2.24) is 4.90 Å². The van der Waals surface area contributed by atoms with Gasteiger partial charge in [-0.15, -0.1) is 0 Å². The molecule has 1 amide bonds. The van der Waals surface area contributed by atoms with E-state index in [1.165, 1.54) is 19.3 Å². The Kier molecular flexibility index (Phi) is 5.70. The van der Waals surface area contributed by atoms with Crippen LogP contribution < -0.4 is 5.32 Å². The molecule has 1 aromatic rings. The molecular formula is C15H20Cl2N2O. The fraction of sp³-hybridized carbons (Fsp3) is 0.533. The number of carbonyl (C=O) groups is 1. The third-order valence-corrected chi connectivity index (χ3v) is 4.33. The van der Waals surface area contributed by atoms with Crippen molar-refractivity contribution < 1.29 is 4.79 Å². The van der Waals surface area contributed by atoms with Crippen LogP contribution in [0, 0.1) is 0 Å². The van der Waals surface area contributed by atoms with E-state index in [0.29, 0.717) is 28.3 Å². The zero-order chi connectivity index (χ0) is 14.5. The molecule has 1 saturated heterocycles. The number of benzene rings is 1. The van der Waals surface area contributed by atoms with Gasteiger partial charge in [-0.1, -0.05) is 36.5 Å². The quantitative estimate of drug-likeness (QED) is 0.903. The number of likely N-dealkylation sites (tertiary alicyclic amines) is 1. The molecule has 1 N–H and O–H groups in total. The SMILES string of the molecule is CCC1CCCCN1CC(=O)Nc1cc(Cl)ccc1Cl. The molecule has 1 heterocycles. The average molecular weight is 315 g/mol. The number of anilines is 1. The van der Waals surface area contributed by atoms with Gasteiger partial charge in [0.25, 0.3) is 0 Å². The van der Waals surface area contributed by atoms with Crippen LogP contribution >= 0.6 is 23.2 Å². The summed E-state index contributed by atoms with van der Waals surface area (Å²) in [7, 11) is 0. The van der Waals surface area contributed by atoms with Crippen molar-refractivity contribution in [1.29, 1.82) is 0 Å². The number of hydrogen-bond donors (Lipinski definition) is 1. The molecular weight excluding hydrogens is 295 g/mol. The number of carbonyl (C=O) groups excluding carboxylic acids is 1. The maximum absolute atomic E-state index is 12.2. The van der Waals surface area contributed by atoms with Crippen molar-refractivity contribution in [3.63, 3.8) is 0 Å². The lowest BCUT2D eigenvalue weighted by Crippen LogP contribution is -2.43. The van der Waals surface area contributed by atoms with Crippen LogP contribution in [-0.2, 0) is 4.79 Å². The van der Waals surface area contributed by atoms with Gasteiger partial charge in [-0.3, -0.25) is 9.69 Å². The van der Waals surface area contributed by atoms with Crippen LogP contribution in [-0.4, -0.2) is 29.9 Å². The van der Waals surface area contributed by atoms with Gasteiger partial charge in [-0.05, 0) is 44.0 Å². The Hall–Kier alpha value is -0.770. The number of piperidine rings is 1. The highest BCUT2D eigenvalue weighted by atomic mass is 35.5. The summed E-state index contributed by atoms with van der Waals surface area (Å²) < 4.78 is 0. The Morgan fingerprint density at radius 3 is 2.95 bits per heavy atom. The van der Waals surface area contributed by atoms with Crippen molar-refractivity contribution in [3.05, 3.63) is 28.2 Å². The highest BCUT2D eigenvalue weighted by molar-refractivity contribution is 6.35. The zero-order valence-corrected chi connectivity index (χ0v) is 13.2. The molecule has 2 rings (SSSR count). The molecule has 1 aliphatic rings. The van der Waals surface area contributed by atoms with Crippen molar-refractivity contribution in [2.45, 2.75) is 38.6 Å². The van der Waals surface area contributed by atoms with Gasteiger partial charge in [0.05, 0.1) is 17.3 Å². The minimum atomic E-state index is -0.0329. The highest BCUT2D eigenvalue weighted by Crippen LogP contribution is 2.25. The largest absolute Gasteiger partial charge is 0.324 e. The van der Waals surface area contributed by atoms with Crippen LogP contribution in [0.25, 0.3) is 0 Å². The third kappa shape index (κ3) is 4.11. The molecule has 0 spiro atoms. The number of nitrogens with zero attached hydrogens (tertiary/aromatic N) is 1. The van der Waals surface area contributed by atoms with E-state index < -0.39 is 0 Å². The van der Waals surface area contributed by atoms with E-state index in [9.17, 15) is 4.79 Å². The van der Waals surface area contributed by atoms with Crippen LogP contribution in [0.4, 0.5) is 5.69 Å². The van der Waals surface area contributed by atoms with E-state index in [0.717, 1.165) is 13.0 Å². The van der Waals surface area contributed by atoms with Gasteiger partial charge >= 0.3 is 0 Å². The molecule has 0 aliphatic carbocycles. The van der Waals surface area contributed by atoms with Gasteiger partial charge in [0, 0.05) is 11.1 Å². The van der Waals surface area contributed by atoms with Crippen LogP contribution in [0.3, 0.4) is 0 Å². The molecule has 110 valence electrons. The molecule has 1 unspecified atom stereocenters. The summed E-state index contributed by atoms with van der Waals surface area (Å²) >= 11 is 12.0. The van der Waals surface area contributed by atoms with Crippen LogP contribution in [0.5, 0.6) is 0 Å². The number of amides is 1. The summed E-state index contributed by atoms with van der Waals surface area (Å²) in [5.74, 6) is -0.0329. The van der Waals surface area contributed by atoms with E-state index in [2.05, 4.69) is 17.1 Å². The highest BCUT2D eigenvalue weighted by Gasteiger charge is 2.22. The van der Waals surface area contributed by atoms with Gasteiger partial charge in [-0.2, -0.15) is 0 Å². The van der Waals surface area contributed by atoms with Crippen molar-refractivity contribution >= 4 is 34.8 Å². The molecule has 5 heteroatoms. The molecule has 0 radical (unpaired) electrons. The van der Waals surface area contributed by atoms with Crippen molar-refractivity contribution in [2.24, 2.45) is 0 Å². The lowest BCUT2D eigenvalue weighted by Gasteiger charge is -2.34. The second-order valence-electron chi connectivity index (χ2n) is 5.20. The maximum Gasteiger partial charge on any atom is 0.238 e. The van der Waals surface area contributed by atoms with Gasteiger partial charge in [0.15, 0.2) is 0 Å². The molecule has 3 nitrogen and oxygen atoms in total. The second kappa shape index (κ2) is 7.30. The number of halogens is 2. The Labute approximate surface area is 130 Å². The molecule has 1 aromatic carbocycles. The average Bonchev–Trinajstić information content (AvgIpc) is 2.43. The van der Waals surface area contributed by atoms with E-state index in [1.807, 2.05) is 0 Å². The monoisotopic (exact) mass is 314 g/mol. The fourth-order valence-corrected chi connectivity index (χ4v) is 3.03. The van der Waals surface area contributed by atoms with E-state index >= 15 is 0 Å². The first-order valence-electron chi connectivity index (χ1n) is 7.09. The first-order chi connectivity index (χ1) is 9.60. The standard InChI is InChI=1S/C15H20Cl2N2O/c1-2-12-5-3-4-8-19(12)10-15(20)18-14-9-11(16)6-7-13(14)17/h6-7,9,12H,2-5,8,10H2,1H3,(H,18,20). The molecule has 0 bridgehead atoms. The normalized spacial score (nSPS) is 19.9. The molecule has 1 fully saturated rings. The topological polar surface area (TPSA) is 32.3 Å². The van der Waals surface area contributed by atoms with E-state index in [4.69, 9.17) is 23.2 Å². The van der Waals surface area contributed by atoms with Gasteiger partial charge in [0.2, 0.25) is 5.91 Å². The first kappa shape index (κ1) is 15.6. The molecule has 20 heavy (non-hydrogen) atoms. The molecule has 0 saturated carbocycles. The number of rotatable bonds is 4. The summed E-state index contributed by atoms with van der Waals surface area (Å²) in [6, 6.07) is 5.59. The molecule has 1 aliphatic heterocycles. The van der Waals surface area contributed by atoms with Gasteiger partial charge in [0.1, 0.15) is 0 Å². The van der Waals surface area contributed by atoms with E-state index in [-0.39, 0.29) is 5.91 Å².